The number of hydrogen-bond donors (Lipinski definition) is 3. The predicted octanol–water partition coefficient (Wildman–Crippen LogP) is 0.637. The molecule has 0 amide bonds. The molecular formula is C9H13N3S. The first-order chi connectivity index (χ1) is 6.15. The average molecular weight is 195 g/mol. The van der Waals surface area contributed by atoms with Crippen LogP contribution in [0.15, 0.2) is 36.2 Å². The Morgan fingerprint density at radius 3 is 2.38 bits per heavy atom. The van der Waals surface area contributed by atoms with E-state index in [1.807, 2.05) is 13.1 Å². The van der Waals surface area contributed by atoms with Crippen molar-refractivity contribution in [1.29, 1.82) is 0 Å². The fraction of sp³-hybridized carbons (Fsp3) is 0.222. The monoisotopic (exact) mass is 195 g/mol. The van der Waals surface area contributed by atoms with Gasteiger partial charge in [-0.05, 0) is 19.3 Å². The first kappa shape index (κ1) is 9.95. The van der Waals surface area contributed by atoms with Gasteiger partial charge in [0.05, 0.1) is 0 Å². The Balaban J connectivity index is 2.78. The lowest BCUT2D eigenvalue weighted by atomic mass is 10.1. The molecular weight excluding hydrogens is 182 g/mol. The van der Waals surface area contributed by atoms with Crippen molar-refractivity contribution in [2.75, 3.05) is 13.6 Å². The average Bonchev–Trinajstić information content (AvgIpc) is 2.02. The molecule has 1 rings (SSSR count). The van der Waals surface area contributed by atoms with Crippen LogP contribution in [0.2, 0.25) is 0 Å². The summed E-state index contributed by atoms with van der Waals surface area (Å²) in [6.45, 7) is 8.49. The Hall–Kier alpha value is -1.13. The lowest BCUT2D eigenvalue weighted by Crippen LogP contribution is -2.40. The van der Waals surface area contributed by atoms with Crippen molar-refractivity contribution in [3.05, 3.63) is 36.2 Å². The van der Waals surface area contributed by atoms with E-state index in [0.29, 0.717) is 5.11 Å². The quantitative estimate of drug-likeness (QED) is 0.565. The van der Waals surface area contributed by atoms with E-state index in [0.717, 1.165) is 23.5 Å². The summed E-state index contributed by atoms with van der Waals surface area (Å²) in [5.41, 5.74) is 2.57. The van der Waals surface area contributed by atoms with Crippen LogP contribution in [0.1, 0.15) is 0 Å². The molecule has 1 heterocycles. The molecule has 0 aromatic rings. The Morgan fingerprint density at radius 1 is 1.38 bits per heavy atom. The van der Waals surface area contributed by atoms with E-state index in [2.05, 4.69) is 29.1 Å². The predicted molar refractivity (Wildman–Crippen MR) is 59.2 cm³/mol. The topological polar surface area (TPSA) is 36.1 Å². The molecule has 0 atom stereocenters. The van der Waals surface area contributed by atoms with Crippen molar-refractivity contribution in [2.45, 2.75) is 0 Å². The summed E-state index contributed by atoms with van der Waals surface area (Å²) in [4.78, 5) is 0. The van der Waals surface area contributed by atoms with Gasteiger partial charge in [0.2, 0.25) is 0 Å². The maximum Gasteiger partial charge on any atom is 0.175 e. The Morgan fingerprint density at radius 2 is 1.92 bits per heavy atom. The molecule has 0 saturated carbocycles. The summed E-state index contributed by atoms with van der Waals surface area (Å²) in [6, 6.07) is 0. The highest BCUT2D eigenvalue weighted by atomic mass is 32.1. The maximum atomic E-state index is 4.94. The van der Waals surface area contributed by atoms with E-state index >= 15 is 0 Å². The van der Waals surface area contributed by atoms with Gasteiger partial charge < -0.3 is 16.0 Å². The molecule has 0 aliphatic carbocycles. The van der Waals surface area contributed by atoms with Gasteiger partial charge in [-0.3, -0.25) is 0 Å². The van der Waals surface area contributed by atoms with E-state index in [1.165, 1.54) is 0 Å². The van der Waals surface area contributed by atoms with Crippen LogP contribution >= 0.6 is 12.2 Å². The van der Waals surface area contributed by atoms with Crippen LogP contribution in [0, 0.1) is 0 Å². The van der Waals surface area contributed by atoms with Crippen molar-refractivity contribution < 1.29 is 0 Å². The van der Waals surface area contributed by atoms with Gasteiger partial charge in [0.1, 0.15) is 0 Å². The van der Waals surface area contributed by atoms with Gasteiger partial charge in [0.15, 0.2) is 5.11 Å². The fourth-order valence-electron chi connectivity index (χ4n) is 1.07. The molecule has 3 nitrogen and oxygen atoms in total. The minimum atomic E-state index is 0.552. The van der Waals surface area contributed by atoms with Crippen LogP contribution in [-0.4, -0.2) is 18.7 Å². The largest absolute Gasteiger partial charge is 0.332 e. The van der Waals surface area contributed by atoms with Crippen LogP contribution in [-0.2, 0) is 0 Å². The molecule has 0 aromatic heterocycles. The number of rotatable bonds is 2. The summed E-state index contributed by atoms with van der Waals surface area (Å²) in [7, 11) is 1.89. The lowest BCUT2D eigenvalue weighted by Gasteiger charge is -2.24. The van der Waals surface area contributed by atoms with Crippen LogP contribution in [0.3, 0.4) is 0 Å². The second-order valence-corrected chi connectivity index (χ2v) is 3.12. The van der Waals surface area contributed by atoms with E-state index in [4.69, 9.17) is 12.2 Å². The smallest absolute Gasteiger partial charge is 0.175 e. The zero-order valence-corrected chi connectivity index (χ0v) is 8.42. The third-order valence-electron chi connectivity index (χ3n) is 1.69. The molecule has 0 unspecified atom stereocenters. The highest BCUT2D eigenvalue weighted by molar-refractivity contribution is 7.80. The molecule has 0 bridgehead atoms. The van der Waals surface area contributed by atoms with Gasteiger partial charge in [-0.15, -0.1) is 0 Å². The minimum absolute atomic E-state index is 0.552. The summed E-state index contributed by atoms with van der Waals surface area (Å²) >= 11 is 4.94. The first-order valence-electron chi connectivity index (χ1n) is 3.96. The summed E-state index contributed by atoms with van der Waals surface area (Å²) < 4.78 is 0. The van der Waals surface area contributed by atoms with Crippen LogP contribution in [0.5, 0.6) is 0 Å². The molecule has 1 aliphatic heterocycles. The second kappa shape index (κ2) is 4.20. The van der Waals surface area contributed by atoms with Crippen molar-refractivity contribution >= 4 is 17.3 Å². The highest BCUT2D eigenvalue weighted by Gasteiger charge is 2.14. The molecule has 70 valence electrons. The second-order valence-electron chi connectivity index (χ2n) is 2.71. The molecule has 3 N–H and O–H groups in total. The minimum Gasteiger partial charge on any atom is -0.332 e. The zero-order valence-electron chi connectivity index (χ0n) is 7.61. The highest BCUT2D eigenvalue weighted by Crippen LogP contribution is 2.15. The van der Waals surface area contributed by atoms with Gasteiger partial charge in [0.25, 0.3) is 0 Å². The molecule has 0 aromatic carbocycles. The molecule has 1 aliphatic rings. The van der Waals surface area contributed by atoms with Gasteiger partial charge in [0, 0.05) is 23.5 Å². The van der Waals surface area contributed by atoms with Crippen LogP contribution in [0.25, 0.3) is 0 Å². The van der Waals surface area contributed by atoms with Crippen molar-refractivity contribution in [1.82, 2.24) is 16.0 Å². The summed E-state index contributed by atoms with van der Waals surface area (Å²) in [6.07, 6.45) is 2.01. The van der Waals surface area contributed by atoms with Gasteiger partial charge in [-0.25, -0.2) is 0 Å². The SMILES string of the molecule is C=C1NC(=S)NC(=C)C1=CCNC. The molecule has 0 spiro atoms. The van der Waals surface area contributed by atoms with E-state index in [9.17, 15) is 0 Å². The van der Waals surface area contributed by atoms with Gasteiger partial charge in [-0.1, -0.05) is 19.2 Å². The fourth-order valence-corrected chi connectivity index (χ4v) is 1.32. The standard InChI is InChI=1S/C9H13N3S/c1-6-8(4-5-10-3)7(2)12-9(13)11-6/h4,10H,1-2,5H2,3H3,(H2,11,12,13). The third kappa shape index (κ3) is 2.40. The first-order valence-corrected chi connectivity index (χ1v) is 4.37. The van der Waals surface area contributed by atoms with Crippen LogP contribution < -0.4 is 16.0 Å². The Labute approximate surface area is 83.6 Å². The number of likely N-dealkylation sites (N-methyl/N-ethyl adjacent to an activating group) is 1. The van der Waals surface area contributed by atoms with Crippen molar-refractivity contribution in [3.8, 4) is 0 Å². The number of thiocarbonyl (C=S) groups is 1. The van der Waals surface area contributed by atoms with E-state index in [1.54, 1.807) is 0 Å². The maximum absolute atomic E-state index is 4.94. The van der Waals surface area contributed by atoms with Gasteiger partial charge >= 0.3 is 0 Å². The van der Waals surface area contributed by atoms with Crippen molar-refractivity contribution in [2.24, 2.45) is 0 Å². The Kier molecular flexibility index (Phi) is 3.22. The van der Waals surface area contributed by atoms with E-state index < -0.39 is 0 Å². The van der Waals surface area contributed by atoms with Crippen LogP contribution in [0.4, 0.5) is 0 Å². The summed E-state index contributed by atoms with van der Waals surface area (Å²) in [5.74, 6) is 0. The van der Waals surface area contributed by atoms with E-state index in [-0.39, 0.29) is 0 Å². The zero-order chi connectivity index (χ0) is 9.84. The molecule has 4 heteroatoms. The van der Waals surface area contributed by atoms with Gasteiger partial charge in [-0.2, -0.15) is 0 Å². The molecule has 0 radical (unpaired) electrons. The number of hydrogen-bond acceptors (Lipinski definition) is 2. The Bertz CT molecular complexity index is 269. The molecule has 1 saturated heterocycles. The summed E-state index contributed by atoms with van der Waals surface area (Å²) in [5, 5.41) is 9.45. The molecule has 1 fully saturated rings. The number of nitrogens with one attached hydrogen (secondary N) is 3. The normalized spacial score (nSPS) is 16.7. The third-order valence-corrected chi connectivity index (χ3v) is 1.89. The van der Waals surface area contributed by atoms with Crippen molar-refractivity contribution in [3.63, 3.8) is 0 Å². The lowest BCUT2D eigenvalue weighted by molar-refractivity contribution is 0.900. The molecule has 13 heavy (non-hydrogen) atoms.